The number of hydrogen-bond acceptors (Lipinski definition) is 4. The number of nitrogens with one attached hydrogen (secondary N) is 2. The molecule has 3 aromatic rings. The highest BCUT2D eigenvalue weighted by Crippen LogP contribution is 2.60. The number of fused-ring (bicyclic) bond motifs is 3. The molecule has 1 unspecified atom stereocenters. The molecule has 4 aliphatic carbocycles. The number of carbonyl (C=O) groups is 2. The van der Waals surface area contributed by atoms with E-state index in [-0.39, 0.29) is 23.1 Å². The highest BCUT2D eigenvalue weighted by molar-refractivity contribution is 6.08. The number of carbonyl (C=O) groups excluding carboxylic acids is 2. The van der Waals surface area contributed by atoms with Gasteiger partial charge >= 0.3 is 0 Å². The van der Waals surface area contributed by atoms with Crippen molar-refractivity contribution in [1.82, 2.24) is 5.32 Å². The lowest BCUT2D eigenvalue weighted by molar-refractivity contribution is -0.148. The Hall–Kier alpha value is -3.02. The second-order valence-corrected chi connectivity index (χ2v) is 11.5. The number of ether oxygens (including phenoxy) is 1. The molecule has 6 heteroatoms. The van der Waals surface area contributed by atoms with Gasteiger partial charge in [-0.1, -0.05) is 32.0 Å². The average molecular weight is 475 g/mol. The molecular formula is C29H34N2O4. The molecule has 4 saturated carbocycles. The van der Waals surface area contributed by atoms with Gasteiger partial charge in [0.25, 0.3) is 0 Å². The van der Waals surface area contributed by atoms with Crippen molar-refractivity contribution in [2.45, 2.75) is 58.4 Å². The molecule has 0 aliphatic heterocycles. The van der Waals surface area contributed by atoms with Crippen molar-refractivity contribution in [2.24, 2.45) is 29.1 Å². The van der Waals surface area contributed by atoms with E-state index in [1.54, 1.807) is 7.11 Å². The van der Waals surface area contributed by atoms with Crippen molar-refractivity contribution in [3.8, 4) is 5.75 Å². The standard InChI is InChI=1S/C29H34N2O4/c1-16(2)26(31-28(33)29-13-17-8-18(14-29)10-19(9-17)15-29)27(32)30-22-12-24-21(11-25(22)34-3)20-6-4-5-7-23(20)35-24/h4-7,11-12,16-19,26H,8-10,13-15H2,1-3H3,(H,30,32)(H,31,33). The number of methoxy groups -OCH3 is 1. The molecule has 4 bridgehead atoms. The van der Waals surface area contributed by atoms with Gasteiger partial charge in [0.2, 0.25) is 11.8 Å². The van der Waals surface area contributed by atoms with E-state index in [0.717, 1.165) is 35.6 Å². The van der Waals surface area contributed by atoms with Crippen LogP contribution in [0.2, 0.25) is 0 Å². The van der Waals surface area contributed by atoms with Gasteiger partial charge in [-0.05, 0) is 74.3 Å². The summed E-state index contributed by atoms with van der Waals surface area (Å²) >= 11 is 0. The Labute approximate surface area is 205 Å². The van der Waals surface area contributed by atoms with E-state index >= 15 is 0 Å². The van der Waals surface area contributed by atoms with Gasteiger partial charge in [0.15, 0.2) is 0 Å². The molecule has 4 aliphatic rings. The van der Waals surface area contributed by atoms with Crippen molar-refractivity contribution in [3.05, 3.63) is 36.4 Å². The molecule has 0 radical (unpaired) electrons. The lowest BCUT2D eigenvalue weighted by Gasteiger charge is -2.55. The van der Waals surface area contributed by atoms with Crippen molar-refractivity contribution in [2.75, 3.05) is 12.4 Å². The molecule has 184 valence electrons. The SMILES string of the molecule is COc1cc2c(cc1NC(=O)C(NC(=O)C13CC4CC(CC(C4)C1)C3)C(C)C)oc1ccccc12. The Morgan fingerprint density at radius 2 is 1.63 bits per heavy atom. The fraction of sp³-hybridized carbons (Fsp3) is 0.517. The maximum Gasteiger partial charge on any atom is 0.247 e. The third-order valence-electron chi connectivity index (χ3n) is 8.71. The minimum atomic E-state index is -0.619. The van der Waals surface area contributed by atoms with E-state index in [9.17, 15) is 9.59 Å². The van der Waals surface area contributed by atoms with Crippen LogP contribution in [-0.4, -0.2) is 25.0 Å². The fourth-order valence-electron chi connectivity index (χ4n) is 7.45. The summed E-state index contributed by atoms with van der Waals surface area (Å²) in [7, 11) is 1.59. The van der Waals surface area contributed by atoms with Gasteiger partial charge in [-0.2, -0.15) is 0 Å². The molecule has 1 aromatic heterocycles. The molecule has 4 fully saturated rings. The first-order chi connectivity index (χ1) is 16.8. The second kappa shape index (κ2) is 8.28. The summed E-state index contributed by atoms with van der Waals surface area (Å²) in [5, 5.41) is 8.13. The Morgan fingerprint density at radius 1 is 0.971 bits per heavy atom. The van der Waals surface area contributed by atoms with Gasteiger partial charge in [0.1, 0.15) is 23.0 Å². The summed E-state index contributed by atoms with van der Waals surface area (Å²) in [4.78, 5) is 27.1. The van der Waals surface area contributed by atoms with Crippen LogP contribution in [0.3, 0.4) is 0 Å². The zero-order valence-electron chi connectivity index (χ0n) is 20.7. The van der Waals surface area contributed by atoms with Crippen LogP contribution in [0.25, 0.3) is 21.9 Å². The van der Waals surface area contributed by atoms with E-state index in [4.69, 9.17) is 9.15 Å². The van der Waals surface area contributed by atoms with Gasteiger partial charge in [-0.15, -0.1) is 0 Å². The number of anilines is 1. The summed E-state index contributed by atoms with van der Waals surface area (Å²) in [6.45, 7) is 3.95. The molecule has 1 heterocycles. The van der Waals surface area contributed by atoms with Crippen LogP contribution in [0.1, 0.15) is 52.4 Å². The van der Waals surface area contributed by atoms with Gasteiger partial charge in [-0.25, -0.2) is 0 Å². The second-order valence-electron chi connectivity index (χ2n) is 11.5. The number of benzene rings is 2. The summed E-state index contributed by atoms with van der Waals surface area (Å²) in [6, 6.07) is 10.9. The lowest BCUT2D eigenvalue weighted by atomic mass is 9.49. The van der Waals surface area contributed by atoms with E-state index in [0.29, 0.717) is 34.8 Å². The Bertz CT molecular complexity index is 1270. The largest absolute Gasteiger partial charge is 0.495 e. The van der Waals surface area contributed by atoms with Gasteiger partial charge in [0.05, 0.1) is 12.8 Å². The van der Waals surface area contributed by atoms with Gasteiger partial charge in [0, 0.05) is 22.3 Å². The van der Waals surface area contributed by atoms with Gasteiger partial charge in [-0.3, -0.25) is 9.59 Å². The first-order valence-electron chi connectivity index (χ1n) is 13.0. The van der Waals surface area contributed by atoms with Crippen LogP contribution in [-0.2, 0) is 9.59 Å². The molecule has 0 saturated heterocycles. The van der Waals surface area contributed by atoms with E-state index in [2.05, 4.69) is 10.6 Å². The molecule has 1 atom stereocenters. The maximum absolute atomic E-state index is 13.6. The summed E-state index contributed by atoms with van der Waals surface area (Å²) in [6.07, 6.45) is 6.79. The van der Waals surface area contributed by atoms with Crippen LogP contribution in [0.4, 0.5) is 5.69 Å². The number of para-hydroxylation sites is 1. The van der Waals surface area contributed by atoms with Crippen LogP contribution in [0, 0.1) is 29.1 Å². The topological polar surface area (TPSA) is 80.6 Å². The minimum absolute atomic E-state index is 0.0474. The Balaban J connectivity index is 1.25. The summed E-state index contributed by atoms with van der Waals surface area (Å²) in [5.74, 6) is 2.40. The van der Waals surface area contributed by atoms with Crippen LogP contribution in [0.15, 0.2) is 40.8 Å². The zero-order valence-corrected chi connectivity index (χ0v) is 20.7. The first kappa shape index (κ1) is 22.4. The third kappa shape index (κ3) is 3.78. The van der Waals surface area contributed by atoms with E-state index in [1.807, 2.05) is 50.2 Å². The van der Waals surface area contributed by atoms with Crippen molar-refractivity contribution >= 4 is 39.4 Å². The average Bonchev–Trinajstić information content (AvgIpc) is 3.18. The van der Waals surface area contributed by atoms with Crippen molar-refractivity contribution in [1.29, 1.82) is 0 Å². The highest BCUT2D eigenvalue weighted by Gasteiger charge is 2.55. The summed E-state index contributed by atoms with van der Waals surface area (Å²) < 4.78 is 11.6. The fourth-order valence-corrected chi connectivity index (χ4v) is 7.45. The predicted molar refractivity (Wildman–Crippen MR) is 136 cm³/mol. The number of amides is 2. The lowest BCUT2D eigenvalue weighted by Crippen LogP contribution is -2.57. The molecule has 7 rings (SSSR count). The summed E-state index contributed by atoms with van der Waals surface area (Å²) in [5.41, 5.74) is 1.73. The molecule has 0 spiro atoms. The molecule has 35 heavy (non-hydrogen) atoms. The minimum Gasteiger partial charge on any atom is -0.495 e. The third-order valence-corrected chi connectivity index (χ3v) is 8.71. The molecule has 2 amide bonds. The predicted octanol–water partition coefficient (Wildman–Crippen LogP) is 5.89. The smallest absolute Gasteiger partial charge is 0.247 e. The first-order valence-corrected chi connectivity index (χ1v) is 13.0. The molecular weight excluding hydrogens is 440 g/mol. The highest BCUT2D eigenvalue weighted by atomic mass is 16.5. The Morgan fingerprint density at radius 3 is 2.26 bits per heavy atom. The van der Waals surface area contributed by atoms with Crippen LogP contribution >= 0.6 is 0 Å². The quantitative estimate of drug-likeness (QED) is 0.467. The maximum atomic E-state index is 13.6. The van der Waals surface area contributed by atoms with E-state index in [1.165, 1.54) is 19.3 Å². The van der Waals surface area contributed by atoms with Crippen LogP contribution in [0.5, 0.6) is 5.75 Å². The zero-order chi connectivity index (χ0) is 24.3. The van der Waals surface area contributed by atoms with Crippen LogP contribution < -0.4 is 15.4 Å². The number of hydrogen-bond donors (Lipinski definition) is 2. The van der Waals surface area contributed by atoms with E-state index < -0.39 is 6.04 Å². The van der Waals surface area contributed by atoms with Gasteiger partial charge < -0.3 is 19.8 Å². The molecule has 2 aromatic carbocycles. The van der Waals surface area contributed by atoms with Crippen molar-refractivity contribution < 1.29 is 18.7 Å². The Kier molecular flexibility index (Phi) is 5.31. The normalized spacial score (nSPS) is 27.9. The molecule has 2 N–H and O–H groups in total. The van der Waals surface area contributed by atoms with Crippen molar-refractivity contribution in [3.63, 3.8) is 0 Å². The number of rotatable bonds is 6. The molecule has 6 nitrogen and oxygen atoms in total. The monoisotopic (exact) mass is 474 g/mol. The number of furan rings is 1.